The van der Waals surface area contributed by atoms with Crippen LogP contribution in [0.3, 0.4) is 0 Å². The summed E-state index contributed by atoms with van der Waals surface area (Å²) in [5.74, 6) is -0.452. The van der Waals surface area contributed by atoms with Gasteiger partial charge in [-0.25, -0.2) is 9.97 Å². The van der Waals surface area contributed by atoms with Gasteiger partial charge in [-0.1, -0.05) is 31.4 Å². The number of benzene rings is 1. The molecule has 312 valence electrons. The second-order valence-electron chi connectivity index (χ2n) is 14.7. The van der Waals surface area contributed by atoms with Crippen LogP contribution in [0.15, 0.2) is 48.0 Å². The van der Waals surface area contributed by atoms with E-state index in [4.69, 9.17) is 19.2 Å². The first-order chi connectivity index (χ1) is 28.3. The second kappa shape index (κ2) is 21.8. The summed E-state index contributed by atoms with van der Waals surface area (Å²) in [6.45, 7) is 4.56. The highest BCUT2D eigenvalue weighted by Crippen LogP contribution is 2.39. The number of pyridine rings is 1. The number of imide groups is 1. The molecule has 1 aromatic carbocycles. The molecule has 0 spiro atoms. The summed E-state index contributed by atoms with van der Waals surface area (Å²) >= 11 is 1.51. The molecule has 3 aromatic rings. The van der Waals surface area contributed by atoms with Crippen molar-refractivity contribution in [3.8, 4) is 0 Å². The maximum absolute atomic E-state index is 13.5. The molecule has 5 N–H and O–H groups in total. The van der Waals surface area contributed by atoms with Crippen molar-refractivity contribution in [3.63, 3.8) is 0 Å². The van der Waals surface area contributed by atoms with Crippen molar-refractivity contribution in [2.75, 3.05) is 69.9 Å². The molecule has 0 radical (unpaired) electrons. The lowest BCUT2D eigenvalue weighted by atomic mass is 9.70. The molecule has 1 saturated heterocycles. The van der Waals surface area contributed by atoms with Crippen molar-refractivity contribution in [2.24, 2.45) is 5.41 Å². The maximum atomic E-state index is 13.5. The molecule has 0 bridgehead atoms. The summed E-state index contributed by atoms with van der Waals surface area (Å²) < 4.78 is 16.9. The van der Waals surface area contributed by atoms with Crippen LogP contribution in [-0.2, 0) is 46.4 Å². The molecule has 2 aliphatic heterocycles. The van der Waals surface area contributed by atoms with Crippen LogP contribution >= 0.6 is 11.3 Å². The number of fused-ring (bicyclic) bond motifs is 1. The Bertz CT molecular complexity index is 1850. The zero-order valence-corrected chi connectivity index (χ0v) is 33.7. The smallest absolute Gasteiger partial charge is 0.255 e. The molecular formula is C41H54N8O8S. The monoisotopic (exact) mass is 818 g/mol. The molecule has 1 unspecified atom stereocenters. The zero-order valence-electron chi connectivity index (χ0n) is 32.9. The summed E-state index contributed by atoms with van der Waals surface area (Å²) in [6, 6.07) is 10.3. The topological polar surface area (TPSA) is 202 Å². The first-order valence-electron chi connectivity index (χ1n) is 20.2. The van der Waals surface area contributed by atoms with Crippen LogP contribution in [0.2, 0.25) is 0 Å². The third kappa shape index (κ3) is 12.1. The third-order valence-corrected chi connectivity index (χ3v) is 11.3. The number of rotatable bonds is 23. The van der Waals surface area contributed by atoms with Crippen molar-refractivity contribution in [1.82, 2.24) is 30.8 Å². The van der Waals surface area contributed by atoms with Gasteiger partial charge in [0.25, 0.3) is 5.91 Å². The summed E-state index contributed by atoms with van der Waals surface area (Å²) in [5.41, 5.74) is 2.11. The van der Waals surface area contributed by atoms with Gasteiger partial charge in [0.05, 0.1) is 45.1 Å². The summed E-state index contributed by atoms with van der Waals surface area (Å²) in [4.78, 5) is 73.6. The van der Waals surface area contributed by atoms with Crippen molar-refractivity contribution >= 4 is 57.5 Å². The van der Waals surface area contributed by atoms with E-state index in [1.54, 1.807) is 24.4 Å². The predicted octanol–water partition coefficient (Wildman–Crippen LogP) is 3.71. The summed E-state index contributed by atoms with van der Waals surface area (Å²) in [7, 11) is 0. The van der Waals surface area contributed by atoms with Crippen LogP contribution in [0.5, 0.6) is 0 Å². The van der Waals surface area contributed by atoms with E-state index >= 15 is 0 Å². The number of nitrogens with one attached hydrogen (secondary N) is 5. The van der Waals surface area contributed by atoms with Crippen LogP contribution in [0.1, 0.15) is 79.4 Å². The van der Waals surface area contributed by atoms with Crippen LogP contribution in [-0.4, -0.2) is 110 Å². The first kappa shape index (κ1) is 42.8. The highest BCUT2D eigenvalue weighted by molar-refractivity contribution is 7.13. The number of carbonyl (C=O) groups is 5. The molecular weight excluding hydrogens is 765 g/mol. The number of anilines is 3. The van der Waals surface area contributed by atoms with Gasteiger partial charge < -0.3 is 40.4 Å². The highest BCUT2D eigenvalue weighted by atomic mass is 32.1. The van der Waals surface area contributed by atoms with E-state index in [1.165, 1.54) is 16.2 Å². The van der Waals surface area contributed by atoms with Crippen LogP contribution in [0, 0.1) is 5.41 Å². The number of thiazole rings is 1. The minimum atomic E-state index is -0.708. The highest BCUT2D eigenvalue weighted by Gasteiger charge is 2.41. The van der Waals surface area contributed by atoms with Crippen molar-refractivity contribution in [2.45, 2.75) is 76.8 Å². The van der Waals surface area contributed by atoms with E-state index in [2.05, 4.69) is 31.6 Å². The van der Waals surface area contributed by atoms with Crippen LogP contribution in [0.25, 0.3) is 0 Å². The number of aromatic nitrogens is 2. The van der Waals surface area contributed by atoms with Gasteiger partial charge in [-0.2, -0.15) is 0 Å². The Morgan fingerprint density at radius 1 is 0.914 bits per heavy atom. The van der Waals surface area contributed by atoms with Gasteiger partial charge in [0, 0.05) is 73.0 Å². The number of nitrogens with zero attached hydrogens (tertiary/aromatic N) is 3. The minimum absolute atomic E-state index is 0.0672. The zero-order chi connectivity index (χ0) is 40.6. The number of ether oxygens (including phenoxy) is 3. The SMILES string of the molecule is O=C1CCC(N2Cc3c(NC(=O)CCCNCCOCCOCCOCCNC(=O)C4(Cc5cccc(Nc6nccs6)n5)CCCCC4)cccc3C2=O)C(=O)N1. The fourth-order valence-corrected chi connectivity index (χ4v) is 8.16. The number of hydrogen-bond acceptors (Lipinski definition) is 13. The number of amides is 5. The Morgan fingerprint density at radius 3 is 2.43 bits per heavy atom. The molecule has 1 saturated carbocycles. The maximum Gasteiger partial charge on any atom is 0.255 e. The largest absolute Gasteiger partial charge is 0.378 e. The molecule has 4 heterocycles. The minimum Gasteiger partial charge on any atom is -0.378 e. The van der Waals surface area contributed by atoms with Crippen molar-refractivity contribution in [3.05, 3.63) is 64.8 Å². The molecule has 16 nitrogen and oxygen atoms in total. The van der Waals surface area contributed by atoms with E-state index in [1.807, 2.05) is 23.6 Å². The van der Waals surface area contributed by atoms with Gasteiger partial charge in [-0.15, -0.1) is 11.3 Å². The van der Waals surface area contributed by atoms with Gasteiger partial charge in [-0.3, -0.25) is 29.3 Å². The Morgan fingerprint density at radius 2 is 1.67 bits per heavy atom. The summed E-state index contributed by atoms with van der Waals surface area (Å²) in [5, 5.41) is 17.5. The Kier molecular flexibility index (Phi) is 16.1. The molecule has 2 fully saturated rings. The Balaban J connectivity index is 0.760. The first-order valence-corrected chi connectivity index (χ1v) is 21.1. The van der Waals surface area contributed by atoms with Crippen LogP contribution < -0.4 is 26.6 Å². The standard InChI is InChI=1S/C41H54N8O8S/c50-35(46-32-9-5-8-30-31(32)28-49(38(30)53)33-12-13-36(51)48-37(33)52)11-6-16-42-17-20-55-22-24-57-25-23-56-21-18-43-39(54)41(14-2-1-3-15-41)27-29-7-4-10-34(45-29)47-40-44-19-26-58-40/h4-5,7-10,19,26,33,42H,1-3,6,11-18,20-25,27-28H2,(H,43,54)(H,46,50)(H,44,45,47)(H,48,51,52). The van der Waals surface area contributed by atoms with Crippen molar-refractivity contribution in [1.29, 1.82) is 0 Å². The van der Waals surface area contributed by atoms with E-state index in [0.29, 0.717) is 95.4 Å². The predicted molar refractivity (Wildman–Crippen MR) is 218 cm³/mol. The van der Waals surface area contributed by atoms with Gasteiger partial charge in [0.15, 0.2) is 5.13 Å². The van der Waals surface area contributed by atoms with E-state index in [9.17, 15) is 24.0 Å². The molecule has 17 heteroatoms. The molecule has 6 rings (SSSR count). The second-order valence-corrected chi connectivity index (χ2v) is 15.6. The Hall–Kier alpha value is -4.81. The molecule has 1 atom stereocenters. The lowest BCUT2D eigenvalue weighted by molar-refractivity contribution is -0.137. The molecule has 2 aromatic heterocycles. The molecule has 5 amide bonds. The lowest BCUT2D eigenvalue weighted by Crippen LogP contribution is -2.52. The van der Waals surface area contributed by atoms with Gasteiger partial charge in [0.1, 0.15) is 11.9 Å². The molecule has 1 aliphatic carbocycles. The number of hydrogen-bond donors (Lipinski definition) is 5. The molecule has 58 heavy (non-hydrogen) atoms. The number of carbonyl (C=O) groups excluding carboxylic acids is 5. The fourth-order valence-electron chi connectivity index (χ4n) is 7.63. The van der Waals surface area contributed by atoms with Crippen LogP contribution in [0.4, 0.5) is 16.6 Å². The Labute approximate surface area is 342 Å². The van der Waals surface area contributed by atoms with Crippen molar-refractivity contribution < 1.29 is 38.2 Å². The third-order valence-electron chi connectivity index (χ3n) is 10.6. The average molecular weight is 819 g/mol. The van der Waals surface area contributed by atoms with E-state index in [-0.39, 0.29) is 43.0 Å². The summed E-state index contributed by atoms with van der Waals surface area (Å²) in [6.07, 6.45) is 8.61. The lowest BCUT2D eigenvalue weighted by Gasteiger charge is -2.35. The molecule has 3 aliphatic rings. The van der Waals surface area contributed by atoms with E-state index < -0.39 is 17.4 Å². The fraction of sp³-hybridized carbons (Fsp3) is 0.537. The van der Waals surface area contributed by atoms with E-state index in [0.717, 1.165) is 48.7 Å². The van der Waals surface area contributed by atoms with Gasteiger partial charge in [0.2, 0.25) is 23.6 Å². The van der Waals surface area contributed by atoms with Gasteiger partial charge in [-0.05, 0) is 56.5 Å². The normalized spacial score (nSPS) is 17.5. The average Bonchev–Trinajstić information content (AvgIpc) is 3.86. The quantitative estimate of drug-likeness (QED) is 0.0687. The van der Waals surface area contributed by atoms with Gasteiger partial charge >= 0.3 is 0 Å². The number of piperidine rings is 1.